The highest BCUT2D eigenvalue weighted by Crippen LogP contribution is 2.41. The fraction of sp³-hybridized carbons (Fsp3) is 0.875. The summed E-state index contributed by atoms with van der Waals surface area (Å²) in [5.74, 6) is -0.361. The summed E-state index contributed by atoms with van der Waals surface area (Å²) in [7, 11) is 0. The Bertz CT molecular complexity index is 420. The van der Waals surface area contributed by atoms with Gasteiger partial charge < -0.3 is 14.8 Å². The molecule has 1 amide bonds. The van der Waals surface area contributed by atoms with Crippen LogP contribution in [0.5, 0.6) is 0 Å². The van der Waals surface area contributed by atoms with E-state index in [2.05, 4.69) is 5.32 Å². The first-order chi connectivity index (χ1) is 9.30. The van der Waals surface area contributed by atoms with Crippen molar-refractivity contribution in [2.75, 3.05) is 0 Å². The molecule has 0 aromatic heterocycles. The number of ketones is 1. The molecule has 2 unspecified atom stereocenters. The Morgan fingerprint density at radius 2 is 1.86 bits per heavy atom. The molecule has 1 saturated heterocycles. The van der Waals surface area contributed by atoms with Crippen LogP contribution < -0.4 is 5.32 Å². The van der Waals surface area contributed by atoms with Crippen molar-refractivity contribution in [3.05, 3.63) is 0 Å². The summed E-state index contributed by atoms with van der Waals surface area (Å²) in [6.07, 6.45) is 0.140. The van der Waals surface area contributed by atoms with Gasteiger partial charge in [-0.2, -0.15) is 0 Å². The second-order valence-corrected chi connectivity index (χ2v) is 7.72. The van der Waals surface area contributed by atoms with Gasteiger partial charge in [-0.15, -0.1) is 0 Å². The normalized spacial score (nSPS) is 25.5. The van der Waals surface area contributed by atoms with E-state index in [0.717, 1.165) is 0 Å². The van der Waals surface area contributed by atoms with E-state index in [1.54, 1.807) is 13.8 Å². The molecule has 0 spiro atoms. The van der Waals surface area contributed by atoms with Crippen LogP contribution in [0.1, 0.15) is 61.8 Å². The molecule has 5 heteroatoms. The molecule has 1 heterocycles. The number of hydrogen-bond donors (Lipinski definition) is 1. The number of carbonyl (C=O) groups is 2. The van der Waals surface area contributed by atoms with Crippen molar-refractivity contribution < 1.29 is 19.1 Å². The minimum Gasteiger partial charge on any atom is -0.444 e. The molecular formula is C16H29NO4. The monoisotopic (exact) mass is 299 g/mol. The zero-order valence-corrected chi connectivity index (χ0v) is 14.5. The van der Waals surface area contributed by atoms with Gasteiger partial charge in [0.25, 0.3) is 0 Å². The number of hydrogen-bond acceptors (Lipinski definition) is 4. The lowest BCUT2D eigenvalue weighted by atomic mass is 9.79. The van der Waals surface area contributed by atoms with Crippen molar-refractivity contribution >= 4 is 11.9 Å². The van der Waals surface area contributed by atoms with Gasteiger partial charge in [-0.05, 0) is 54.9 Å². The lowest BCUT2D eigenvalue weighted by Gasteiger charge is -2.32. The average molecular weight is 299 g/mol. The minimum absolute atomic E-state index is 0.0235. The molecule has 0 aromatic carbocycles. The summed E-state index contributed by atoms with van der Waals surface area (Å²) in [6, 6.07) is -0.302. The van der Waals surface area contributed by atoms with Gasteiger partial charge in [0.2, 0.25) is 0 Å². The molecule has 0 aromatic rings. The van der Waals surface area contributed by atoms with Crippen LogP contribution in [0.3, 0.4) is 0 Å². The maximum absolute atomic E-state index is 12.6. The third kappa shape index (κ3) is 4.19. The molecule has 0 aliphatic carbocycles. The van der Waals surface area contributed by atoms with Crippen LogP contribution in [0, 0.1) is 5.92 Å². The van der Waals surface area contributed by atoms with Crippen LogP contribution in [-0.4, -0.2) is 34.7 Å². The van der Waals surface area contributed by atoms with Crippen molar-refractivity contribution in [2.24, 2.45) is 5.92 Å². The predicted molar refractivity (Wildman–Crippen MR) is 81.2 cm³/mol. The molecule has 0 bridgehead atoms. The number of rotatable bonds is 3. The average Bonchev–Trinajstić information content (AvgIpc) is 2.38. The van der Waals surface area contributed by atoms with Gasteiger partial charge in [0.15, 0.2) is 5.78 Å². The molecule has 5 nitrogen and oxygen atoms in total. The van der Waals surface area contributed by atoms with Gasteiger partial charge in [0, 0.05) is 6.04 Å². The summed E-state index contributed by atoms with van der Waals surface area (Å²) in [5, 5.41) is 2.83. The number of alkyl carbamates (subject to hydrolysis) is 1. The van der Waals surface area contributed by atoms with Gasteiger partial charge in [-0.3, -0.25) is 4.79 Å². The minimum atomic E-state index is -0.822. The van der Waals surface area contributed by atoms with Crippen molar-refractivity contribution in [1.29, 1.82) is 0 Å². The summed E-state index contributed by atoms with van der Waals surface area (Å²) < 4.78 is 11.2. The third-order valence-corrected chi connectivity index (χ3v) is 3.69. The number of Topliss-reactive ketones (excluding diaryl/α,β-unsaturated/α-hetero) is 1. The molecule has 1 rings (SSSR count). The molecule has 1 aliphatic heterocycles. The zero-order valence-electron chi connectivity index (χ0n) is 14.5. The lowest BCUT2D eigenvalue weighted by molar-refractivity contribution is -0.132. The summed E-state index contributed by atoms with van der Waals surface area (Å²) in [4.78, 5) is 24.6. The molecule has 1 N–H and O–H groups in total. The molecule has 1 fully saturated rings. The lowest BCUT2D eigenvalue weighted by Crippen LogP contribution is -2.50. The highest BCUT2D eigenvalue weighted by molar-refractivity contribution is 5.92. The maximum Gasteiger partial charge on any atom is 0.407 e. The van der Waals surface area contributed by atoms with Crippen molar-refractivity contribution in [2.45, 2.75) is 84.7 Å². The van der Waals surface area contributed by atoms with Gasteiger partial charge in [0.1, 0.15) is 11.2 Å². The van der Waals surface area contributed by atoms with E-state index in [1.807, 2.05) is 41.5 Å². The van der Waals surface area contributed by atoms with E-state index in [1.165, 1.54) is 0 Å². The van der Waals surface area contributed by atoms with Crippen LogP contribution in [0.2, 0.25) is 0 Å². The number of ether oxygens (including phenoxy) is 2. The topological polar surface area (TPSA) is 64.6 Å². The fourth-order valence-electron chi connectivity index (χ4n) is 3.01. The van der Waals surface area contributed by atoms with Crippen LogP contribution >= 0.6 is 0 Å². The third-order valence-electron chi connectivity index (χ3n) is 3.69. The standard InChI is InChI=1S/C16H29NO4/c1-9-10(17-13(19)20-14(2,3)4)11-12(18)16(7,8)21-15(11,5)6/h10-11H,9H2,1-8H3,(H,17,19). The quantitative estimate of drug-likeness (QED) is 0.870. The van der Waals surface area contributed by atoms with Gasteiger partial charge in [0.05, 0.1) is 11.5 Å². The fourth-order valence-corrected chi connectivity index (χ4v) is 3.01. The number of amides is 1. The summed E-state index contributed by atoms with van der Waals surface area (Å²) in [6.45, 7) is 14.7. The molecule has 2 atom stereocenters. The Morgan fingerprint density at radius 1 is 1.33 bits per heavy atom. The second kappa shape index (κ2) is 5.59. The van der Waals surface area contributed by atoms with Crippen molar-refractivity contribution in [3.8, 4) is 0 Å². The maximum atomic E-state index is 12.6. The van der Waals surface area contributed by atoms with E-state index >= 15 is 0 Å². The van der Waals surface area contributed by atoms with E-state index in [-0.39, 0.29) is 17.7 Å². The zero-order chi connectivity index (χ0) is 16.6. The molecular weight excluding hydrogens is 270 g/mol. The largest absolute Gasteiger partial charge is 0.444 e. The van der Waals surface area contributed by atoms with Gasteiger partial charge in [-0.1, -0.05) is 6.92 Å². The van der Waals surface area contributed by atoms with Gasteiger partial charge in [-0.25, -0.2) is 4.79 Å². The first kappa shape index (κ1) is 18.0. The van der Waals surface area contributed by atoms with E-state index in [4.69, 9.17) is 9.47 Å². The summed E-state index contributed by atoms with van der Waals surface area (Å²) >= 11 is 0. The van der Waals surface area contributed by atoms with E-state index in [0.29, 0.717) is 6.42 Å². The van der Waals surface area contributed by atoms with E-state index in [9.17, 15) is 9.59 Å². The van der Waals surface area contributed by atoms with E-state index < -0.39 is 22.9 Å². The van der Waals surface area contributed by atoms with Crippen LogP contribution in [0.15, 0.2) is 0 Å². The molecule has 1 aliphatic rings. The van der Waals surface area contributed by atoms with Crippen LogP contribution in [-0.2, 0) is 14.3 Å². The molecule has 122 valence electrons. The number of carbonyl (C=O) groups excluding carboxylic acids is 2. The van der Waals surface area contributed by atoms with Crippen molar-refractivity contribution in [3.63, 3.8) is 0 Å². The molecule has 0 radical (unpaired) electrons. The molecule has 0 saturated carbocycles. The van der Waals surface area contributed by atoms with Crippen LogP contribution in [0.4, 0.5) is 4.79 Å². The smallest absolute Gasteiger partial charge is 0.407 e. The SMILES string of the molecule is CCC(NC(=O)OC(C)(C)C)C1C(=O)C(C)(C)OC1(C)C. The Balaban J connectivity index is 2.90. The first-order valence-corrected chi connectivity index (χ1v) is 7.54. The van der Waals surface area contributed by atoms with Crippen LogP contribution in [0.25, 0.3) is 0 Å². The van der Waals surface area contributed by atoms with Crippen molar-refractivity contribution in [1.82, 2.24) is 5.32 Å². The Hall–Kier alpha value is -1.10. The highest BCUT2D eigenvalue weighted by Gasteiger charge is 2.56. The summed E-state index contributed by atoms with van der Waals surface area (Å²) in [5.41, 5.74) is -2.00. The second-order valence-electron chi connectivity index (χ2n) is 7.72. The first-order valence-electron chi connectivity index (χ1n) is 7.54. The van der Waals surface area contributed by atoms with Gasteiger partial charge >= 0.3 is 6.09 Å². The Labute approximate surface area is 127 Å². The Kier molecular flexibility index (Phi) is 4.78. The highest BCUT2D eigenvalue weighted by atomic mass is 16.6. The predicted octanol–water partition coefficient (Wildman–Crippen LogP) is 3.06. The number of nitrogens with one attached hydrogen (secondary N) is 1. The molecule has 21 heavy (non-hydrogen) atoms. The Morgan fingerprint density at radius 3 is 2.19 bits per heavy atom.